The van der Waals surface area contributed by atoms with E-state index in [1.54, 1.807) is 11.8 Å². The van der Waals surface area contributed by atoms with Crippen molar-refractivity contribution in [1.29, 1.82) is 0 Å². The van der Waals surface area contributed by atoms with E-state index in [1.165, 1.54) is 22.8 Å². The average Bonchev–Trinajstić information content (AvgIpc) is 2.75. The van der Waals surface area contributed by atoms with Gasteiger partial charge in [-0.15, -0.1) is 11.3 Å². The zero-order valence-corrected chi connectivity index (χ0v) is 11.9. The molecular formula is C9H13NO4S3. The number of thioether (sulfide) groups is 1. The first-order valence-electron chi connectivity index (χ1n) is 4.66. The van der Waals surface area contributed by atoms with Crippen LogP contribution in [0.1, 0.15) is 9.67 Å². The van der Waals surface area contributed by atoms with Crippen LogP contribution in [0.25, 0.3) is 0 Å². The summed E-state index contributed by atoms with van der Waals surface area (Å²) in [5.74, 6) is -0.408. The van der Waals surface area contributed by atoms with Crippen LogP contribution in [0, 0.1) is 0 Å². The molecule has 0 bridgehead atoms. The molecule has 17 heavy (non-hydrogen) atoms. The number of thiophene rings is 1. The van der Waals surface area contributed by atoms with Gasteiger partial charge in [0.05, 0.1) is 4.90 Å². The summed E-state index contributed by atoms with van der Waals surface area (Å²) in [5.41, 5.74) is 0. The van der Waals surface area contributed by atoms with Gasteiger partial charge < -0.3 is 5.11 Å². The van der Waals surface area contributed by atoms with Crippen LogP contribution in [0.3, 0.4) is 0 Å². The van der Waals surface area contributed by atoms with E-state index in [-0.39, 0.29) is 9.77 Å². The van der Waals surface area contributed by atoms with Crippen LogP contribution in [0.15, 0.2) is 16.3 Å². The largest absolute Gasteiger partial charge is 0.477 e. The molecule has 0 atom stereocenters. The average molecular weight is 295 g/mol. The van der Waals surface area contributed by atoms with Gasteiger partial charge in [0.1, 0.15) is 4.88 Å². The van der Waals surface area contributed by atoms with E-state index in [4.69, 9.17) is 5.11 Å². The molecule has 0 aliphatic carbocycles. The summed E-state index contributed by atoms with van der Waals surface area (Å²) in [6, 6.07) is 1.19. The van der Waals surface area contributed by atoms with Crippen LogP contribution in [-0.2, 0) is 10.0 Å². The highest BCUT2D eigenvalue weighted by Gasteiger charge is 2.22. The Bertz CT molecular complexity index is 494. The minimum atomic E-state index is -3.56. The number of carboxylic acid groups (broad SMARTS) is 1. The lowest BCUT2D eigenvalue weighted by Gasteiger charge is -2.15. The fourth-order valence-corrected chi connectivity index (χ4v) is 3.93. The van der Waals surface area contributed by atoms with Crippen molar-refractivity contribution >= 4 is 39.1 Å². The maximum absolute atomic E-state index is 12.0. The van der Waals surface area contributed by atoms with Gasteiger partial charge in [0.15, 0.2) is 0 Å². The number of carboxylic acids is 1. The molecule has 0 aliphatic rings. The van der Waals surface area contributed by atoms with Gasteiger partial charge in [0, 0.05) is 24.7 Å². The van der Waals surface area contributed by atoms with Crippen molar-refractivity contribution in [3.63, 3.8) is 0 Å². The molecule has 1 aromatic rings. The van der Waals surface area contributed by atoms with Gasteiger partial charge in [-0.1, -0.05) is 0 Å². The van der Waals surface area contributed by atoms with Gasteiger partial charge >= 0.3 is 5.97 Å². The molecule has 0 spiro atoms. The van der Waals surface area contributed by atoms with E-state index in [9.17, 15) is 13.2 Å². The Balaban J connectivity index is 2.92. The van der Waals surface area contributed by atoms with E-state index in [1.807, 2.05) is 6.26 Å². The standard InChI is InChI=1S/C9H13NO4S3/c1-10(3-4-15-2)17(13,14)7-5-8(9(11)12)16-6-7/h5-6H,3-4H2,1-2H3,(H,11,12). The Morgan fingerprint density at radius 2 is 2.24 bits per heavy atom. The highest BCUT2D eigenvalue weighted by atomic mass is 32.2. The van der Waals surface area contributed by atoms with E-state index in [0.29, 0.717) is 12.3 Å². The number of aromatic carboxylic acids is 1. The van der Waals surface area contributed by atoms with E-state index < -0.39 is 16.0 Å². The molecule has 0 radical (unpaired) electrons. The zero-order valence-electron chi connectivity index (χ0n) is 9.41. The monoisotopic (exact) mass is 295 g/mol. The fourth-order valence-electron chi connectivity index (χ4n) is 1.09. The van der Waals surface area contributed by atoms with Gasteiger partial charge in [0.2, 0.25) is 10.0 Å². The van der Waals surface area contributed by atoms with Gasteiger partial charge in [-0.2, -0.15) is 11.8 Å². The van der Waals surface area contributed by atoms with Crippen LogP contribution >= 0.6 is 23.1 Å². The van der Waals surface area contributed by atoms with Crippen LogP contribution in [0.4, 0.5) is 0 Å². The number of hydrogen-bond acceptors (Lipinski definition) is 5. The van der Waals surface area contributed by atoms with Crippen LogP contribution in [0.5, 0.6) is 0 Å². The Kier molecular flexibility index (Phi) is 4.99. The second-order valence-electron chi connectivity index (χ2n) is 3.27. The molecule has 1 aromatic heterocycles. The number of rotatable bonds is 6. The minimum Gasteiger partial charge on any atom is -0.477 e. The third-order valence-corrected chi connectivity index (χ3v) is 5.60. The van der Waals surface area contributed by atoms with Crippen molar-refractivity contribution in [2.24, 2.45) is 0 Å². The Labute approximate surface area is 108 Å². The maximum atomic E-state index is 12.0. The van der Waals surface area contributed by atoms with Crippen molar-refractivity contribution in [1.82, 2.24) is 4.31 Å². The maximum Gasteiger partial charge on any atom is 0.345 e. The van der Waals surface area contributed by atoms with Crippen molar-refractivity contribution in [3.8, 4) is 0 Å². The lowest BCUT2D eigenvalue weighted by molar-refractivity contribution is 0.0702. The van der Waals surface area contributed by atoms with E-state index >= 15 is 0 Å². The first kappa shape index (κ1) is 14.5. The minimum absolute atomic E-state index is 0.0295. The molecule has 0 fully saturated rings. The molecule has 1 heterocycles. The molecule has 0 amide bonds. The third kappa shape index (κ3) is 3.44. The van der Waals surface area contributed by atoms with Gasteiger partial charge in [-0.05, 0) is 12.3 Å². The van der Waals surface area contributed by atoms with Crippen molar-refractivity contribution < 1.29 is 18.3 Å². The van der Waals surface area contributed by atoms with Crippen molar-refractivity contribution in [2.45, 2.75) is 4.90 Å². The van der Waals surface area contributed by atoms with Gasteiger partial charge in [-0.25, -0.2) is 17.5 Å². The quantitative estimate of drug-likeness (QED) is 0.859. The predicted octanol–water partition coefficient (Wildman–Crippen LogP) is 1.43. The van der Waals surface area contributed by atoms with Crippen LogP contribution < -0.4 is 0 Å². The molecule has 96 valence electrons. The molecular weight excluding hydrogens is 282 g/mol. The summed E-state index contributed by atoms with van der Waals surface area (Å²) in [7, 11) is -2.07. The number of carbonyl (C=O) groups is 1. The number of nitrogens with zero attached hydrogens (tertiary/aromatic N) is 1. The fraction of sp³-hybridized carbons (Fsp3) is 0.444. The number of hydrogen-bond donors (Lipinski definition) is 1. The van der Waals surface area contributed by atoms with Crippen LogP contribution in [0.2, 0.25) is 0 Å². The third-order valence-electron chi connectivity index (χ3n) is 2.10. The lowest BCUT2D eigenvalue weighted by Crippen LogP contribution is -2.28. The molecule has 0 saturated carbocycles. The van der Waals surface area contributed by atoms with E-state index in [0.717, 1.165) is 11.3 Å². The molecule has 1 N–H and O–H groups in total. The second kappa shape index (κ2) is 5.85. The smallest absolute Gasteiger partial charge is 0.345 e. The molecule has 0 aliphatic heterocycles. The topological polar surface area (TPSA) is 74.7 Å². The highest BCUT2D eigenvalue weighted by molar-refractivity contribution is 7.98. The SMILES string of the molecule is CSCCN(C)S(=O)(=O)c1csc(C(=O)O)c1. The molecule has 0 saturated heterocycles. The van der Waals surface area contributed by atoms with E-state index in [2.05, 4.69) is 0 Å². The molecule has 8 heteroatoms. The Morgan fingerprint density at radius 1 is 1.59 bits per heavy atom. The summed E-state index contributed by atoms with van der Waals surface area (Å²) in [6.45, 7) is 0.405. The lowest BCUT2D eigenvalue weighted by atomic mass is 10.5. The predicted molar refractivity (Wildman–Crippen MR) is 69.5 cm³/mol. The first-order valence-corrected chi connectivity index (χ1v) is 8.38. The van der Waals surface area contributed by atoms with Gasteiger partial charge in [0.25, 0.3) is 0 Å². The summed E-state index contributed by atoms with van der Waals surface area (Å²) >= 11 is 2.47. The molecule has 0 unspecified atom stereocenters. The summed E-state index contributed by atoms with van der Waals surface area (Å²) in [6.07, 6.45) is 1.90. The highest BCUT2D eigenvalue weighted by Crippen LogP contribution is 2.22. The van der Waals surface area contributed by atoms with Crippen molar-refractivity contribution in [2.75, 3.05) is 25.6 Å². The molecule has 0 aromatic carbocycles. The zero-order chi connectivity index (χ0) is 13.1. The van der Waals surface area contributed by atoms with Crippen molar-refractivity contribution in [3.05, 3.63) is 16.3 Å². The molecule has 5 nitrogen and oxygen atoms in total. The number of sulfonamides is 1. The summed E-state index contributed by atoms with van der Waals surface area (Å²) < 4.78 is 25.2. The summed E-state index contributed by atoms with van der Waals surface area (Å²) in [5, 5.41) is 10.1. The summed E-state index contributed by atoms with van der Waals surface area (Å²) in [4.78, 5) is 10.8. The van der Waals surface area contributed by atoms with Gasteiger partial charge in [-0.3, -0.25) is 0 Å². The van der Waals surface area contributed by atoms with Crippen LogP contribution in [-0.4, -0.2) is 49.4 Å². The Morgan fingerprint density at radius 3 is 2.71 bits per heavy atom. The first-order chi connectivity index (χ1) is 7.89. The Hall–Kier alpha value is -0.570. The second-order valence-corrected chi connectivity index (χ2v) is 7.21. The normalized spacial score (nSPS) is 11.9. The molecule has 1 rings (SSSR count).